The molecule has 1 aromatic heterocycles. The summed E-state index contributed by atoms with van der Waals surface area (Å²) in [5, 5.41) is 13.2. The van der Waals surface area contributed by atoms with Crippen LogP contribution in [0.3, 0.4) is 0 Å². The lowest BCUT2D eigenvalue weighted by atomic mass is 10.0. The Bertz CT molecular complexity index is 1030. The molecule has 0 unspecified atom stereocenters. The van der Waals surface area contributed by atoms with Gasteiger partial charge in [0.2, 0.25) is 5.43 Å². The Hall–Kier alpha value is -2.26. The van der Waals surface area contributed by atoms with Gasteiger partial charge in [-0.1, -0.05) is 0 Å². The number of rotatable bonds is 3. The number of carboxylic acid groups (broad SMARTS) is 1. The molecule has 1 atom stereocenters. The summed E-state index contributed by atoms with van der Waals surface area (Å²) >= 11 is 1.33. The van der Waals surface area contributed by atoms with Crippen LogP contribution in [-0.2, 0) is 0 Å². The Morgan fingerprint density at radius 3 is 2.71 bits per heavy atom. The molecule has 2 aliphatic heterocycles. The molecule has 150 valence electrons. The van der Waals surface area contributed by atoms with Gasteiger partial charge in [-0.2, -0.15) is 0 Å². The third-order valence-corrected chi connectivity index (χ3v) is 6.94. The molecule has 1 aromatic carbocycles. The van der Waals surface area contributed by atoms with Crippen molar-refractivity contribution in [2.24, 2.45) is 0 Å². The number of aromatic nitrogens is 1. The zero-order chi connectivity index (χ0) is 20.2. The van der Waals surface area contributed by atoms with Crippen molar-refractivity contribution in [3.8, 4) is 0 Å². The minimum Gasteiger partial charge on any atom is -0.477 e. The molecule has 1 fully saturated rings. The van der Waals surface area contributed by atoms with Crippen molar-refractivity contribution in [3.05, 3.63) is 27.7 Å². The number of hydrogen-bond donors (Lipinski definition) is 3. The number of piperidine rings is 1. The molecule has 28 heavy (non-hydrogen) atoms. The maximum atomic E-state index is 15.0. The quantitative estimate of drug-likeness (QED) is 0.674. The summed E-state index contributed by atoms with van der Waals surface area (Å²) in [6.07, 6.45) is 1.77. The fourth-order valence-electron chi connectivity index (χ4n) is 4.07. The van der Waals surface area contributed by atoms with Gasteiger partial charge in [-0.15, -0.1) is 11.8 Å². The number of carboxylic acids is 1. The van der Waals surface area contributed by atoms with Gasteiger partial charge in [0.05, 0.1) is 27.3 Å². The summed E-state index contributed by atoms with van der Waals surface area (Å²) in [5.41, 5.74) is 5.42. The summed E-state index contributed by atoms with van der Waals surface area (Å²) in [6, 6.07) is 1.71. The summed E-state index contributed by atoms with van der Waals surface area (Å²) in [6.45, 7) is 3.79. The average molecular weight is 406 g/mol. The number of nitrogens with one attached hydrogen (secondary N) is 1. The van der Waals surface area contributed by atoms with Crippen LogP contribution in [0.1, 0.15) is 36.2 Å². The molecule has 4 N–H and O–H groups in total. The SMILES string of the molecule is C[C@@H]1CSc2c(C(=O)O)c(=O)c3c(N)c(F)c(NC4CCN(C)CC4)cc3n21. The first-order valence-corrected chi connectivity index (χ1v) is 10.3. The second-order valence-corrected chi connectivity index (χ2v) is 8.62. The third-order valence-electron chi connectivity index (χ3n) is 5.62. The van der Waals surface area contributed by atoms with Crippen molar-refractivity contribution < 1.29 is 14.3 Å². The monoisotopic (exact) mass is 406 g/mol. The highest BCUT2D eigenvalue weighted by Crippen LogP contribution is 2.40. The lowest BCUT2D eigenvalue weighted by Crippen LogP contribution is -2.37. The van der Waals surface area contributed by atoms with Crippen LogP contribution in [0.25, 0.3) is 10.9 Å². The largest absolute Gasteiger partial charge is 0.477 e. The van der Waals surface area contributed by atoms with Crippen molar-refractivity contribution in [1.29, 1.82) is 0 Å². The van der Waals surface area contributed by atoms with Crippen molar-refractivity contribution in [2.45, 2.75) is 36.9 Å². The Labute approximate surface area is 165 Å². The fourth-order valence-corrected chi connectivity index (χ4v) is 5.36. The lowest BCUT2D eigenvalue weighted by Gasteiger charge is -2.30. The second kappa shape index (κ2) is 6.97. The van der Waals surface area contributed by atoms with Crippen LogP contribution in [0, 0.1) is 5.82 Å². The molecule has 0 amide bonds. The van der Waals surface area contributed by atoms with E-state index in [0.29, 0.717) is 16.3 Å². The van der Waals surface area contributed by atoms with E-state index in [4.69, 9.17) is 5.73 Å². The normalized spacial score (nSPS) is 20.5. The van der Waals surface area contributed by atoms with E-state index in [1.165, 1.54) is 11.8 Å². The molecule has 3 heterocycles. The minimum atomic E-state index is -1.31. The molecule has 1 saturated heterocycles. The molecule has 4 rings (SSSR count). The number of thioether (sulfide) groups is 1. The number of nitrogens with zero attached hydrogens (tertiary/aromatic N) is 2. The molecule has 2 aliphatic rings. The van der Waals surface area contributed by atoms with Crippen LogP contribution in [0.5, 0.6) is 0 Å². The number of likely N-dealkylation sites (tertiary alicyclic amines) is 1. The first-order valence-electron chi connectivity index (χ1n) is 9.31. The standard InChI is InChI=1S/C19H23FN4O3S/c1-9-8-28-18-14(19(26)27)17(25)13-12(24(9)18)7-11(15(20)16(13)21)22-10-3-5-23(2)6-4-10/h7,9-10,22H,3-6,8,21H2,1-2H3,(H,26,27)/t9-/m1/s1. The van der Waals surface area contributed by atoms with Gasteiger partial charge in [-0.05, 0) is 46.0 Å². The summed E-state index contributed by atoms with van der Waals surface area (Å²) < 4.78 is 16.8. The summed E-state index contributed by atoms with van der Waals surface area (Å²) in [7, 11) is 2.06. The number of anilines is 2. The molecular weight excluding hydrogens is 383 g/mol. The number of fused-ring (bicyclic) bond motifs is 3. The van der Waals surface area contributed by atoms with E-state index in [9.17, 15) is 14.7 Å². The van der Waals surface area contributed by atoms with E-state index in [2.05, 4.69) is 17.3 Å². The molecule has 0 aliphatic carbocycles. The van der Waals surface area contributed by atoms with Gasteiger partial charge < -0.3 is 25.6 Å². The minimum absolute atomic E-state index is 0.0257. The zero-order valence-electron chi connectivity index (χ0n) is 15.8. The second-order valence-electron chi connectivity index (χ2n) is 7.61. The van der Waals surface area contributed by atoms with Crippen LogP contribution in [0.4, 0.5) is 15.8 Å². The van der Waals surface area contributed by atoms with Gasteiger partial charge in [0.1, 0.15) is 5.56 Å². The maximum Gasteiger partial charge on any atom is 0.342 e. The van der Waals surface area contributed by atoms with Crippen LogP contribution in [0.2, 0.25) is 0 Å². The van der Waals surface area contributed by atoms with Crippen LogP contribution in [0.15, 0.2) is 15.9 Å². The van der Waals surface area contributed by atoms with Gasteiger partial charge >= 0.3 is 5.97 Å². The van der Waals surface area contributed by atoms with Gasteiger partial charge in [-0.3, -0.25) is 4.79 Å². The molecular formula is C19H23FN4O3S. The predicted molar refractivity (Wildman–Crippen MR) is 109 cm³/mol. The van der Waals surface area contributed by atoms with E-state index >= 15 is 4.39 Å². The maximum absolute atomic E-state index is 15.0. The van der Waals surface area contributed by atoms with Crippen molar-refractivity contribution in [3.63, 3.8) is 0 Å². The molecule has 7 nitrogen and oxygen atoms in total. The van der Waals surface area contributed by atoms with Crippen LogP contribution < -0.4 is 16.5 Å². The number of carbonyl (C=O) groups is 1. The number of pyridine rings is 1. The Kier molecular flexibility index (Phi) is 4.75. The van der Waals surface area contributed by atoms with E-state index < -0.39 is 17.2 Å². The lowest BCUT2D eigenvalue weighted by molar-refractivity contribution is 0.0690. The molecule has 0 radical (unpaired) electrons. The van der Waals surface area contributed by atoms with E-state index in [-0.39, 0.29) is 34.4 Å². The van der Waals surface area contributed by atoms with Crippen LogP contribution >= 0.6 is 11.8 Å². The molecule has 9 heteroatoms. The van der Waals surface area contributed by atoms with E-state index in [0.717, 1.165) is 25.9 Å². The van der Waals surface area contributed by atoms with Crippen molar-refractivity contribution in [1.82, 2.24) is 9.47 Å². The summed E-state index contributed by atoms with van der Waals surface area (Å²) in [5.74, 6) is -1.36. The topological polar surface area (TPSA) is 101 Å². The Morgan fingerprint density at radius 1 is 1.39 bits per heavy atom. The predicted octanol–water partition coefficient (Wildman–Crippen LogP) is 2.59. The average Bonchev–Trinajstić information content (AvgIpc) is 3.02. The summed E-state index contributed by atoms with van der Waals surface area (Å²) in [4.78, 5) is 26.8. The third kappa shape index (κ3) is 2.93. The highest BCUT2D eigenvalue weighted by atomic mass is 32.2. The number of halogens is 1. The molecule has 0 spiro atoms. The number of aromatic carboxylic acids is 1. The Morgan fingerprint density at radius 2 is 2.07 bits per heavy atom. The first kappa shape index (κ1) is 19.1. The highest BCUT2D eigenvalue weighted by Gasteiger charge is 2.31. The van der Waals surface area contributed by atoms with Crippen molar-refractivity contribution >= 4 is 40.0 Å². The fraction of sp³-hybridized carbons (Fsp3) is 0.474. The first-order chi connectivity index (χ1) is 13.3. The Balaban J connectivity index is 1.91. The number of hydrogen-bond acceptors (Lipinski definition) is 6. The van der Waals surface area contributed by atoms with Gasteiger partial charge in [0, 0.05) is 17.8 Å². The zero-order valence-corrected chi connectivity index (χ0v) is 16.6. The van der Waals surface area contributed by atoms with E-state index in [1.807, 2.05) is 6.92 Å². The number of nitrogen functional groups attached to an aromatic ring is 1. The van der Waals surface area contributed by atoms with Gasteiger partial charge in [0.15, 0.2) is 5.82 Å². The highest BCUT2D eigenvalue weighted by molar-refractivity contribution is 7.99. The number of benzene rings is 1. The van der Waals surface area contributed by atoms with Crippen molar-refractivity contribution in [2.75, 3.05) is 36.9 Å². The van der Waals surface area contributed by atoms with Gasteiger partial charge in [0.25, 0.3) is 0 Å². The molecule has 0 saturated carbocycles. The van der Waals surface area contributed by atoms with Gasteiger partial charge in [-0.25, -0.2) is 9.18 Å². The van der Waals surface area contributed by atoms with E-state index in [1.54, 1.807) is 10.6 Å². The number of nitrogens with two attached hydrogens (primary N) is 1. The smallest absolute Gasteiger partial charge is 0.342 e. The molecule has 2 aromatic rings. The molecule has 0 bridgehead atoms. The van der Waals surface area contributed by atoms with Crippen LogP contribution in [-0.4, -0.2) is 52.5 Å².